The van der Waals surface area contributed by atoms with Crippen LogP contribution in [0.3, 0.4) is 0 Å². The van der Waals surface area contributed by atoms with Crippen molar-refractivity contribution in [2.75, 3.05) is 11.9 Å². The zero-order valence-corrected chi connectivity index (χ0v) is 18.4. The lowest BCUT2D eigenvalue weighted by Gasteiger charge is -2.65. The molecule has 1 spiro atoms. The Morgan fingerprint density at radius 1 is 1.19 bits per heavy atom. The third-order valence-corrected chi connectivity index (χ3v) is 9.18. The van der Waals surface area contributed by atoms with Crippen molar-refractivity contribution >= 4 is 17.6 Å². The van der Waals surface area contributed by atoms with E-state index in [1.54, 1.807) is 0 Å². The van der Waals surface area contributed by atoms with Gasteiger partial charge in [-0.05, 0) is 36.8 Å². The predicted molar refractivity (Wildman–Crippen MR) is 112 cm³/mol. The molecule has 31 heavy (non-hydrogen) atoms. The number of hydrogen-bond acceptors (Lipinski definition) is 7. The summed E-state index contributed by atoms with van der Waals surface area (Å²) in [5, 5.41) is 12.6. The van der Waals surface area contributed by atoms with Crippen molar-refractivity contribution in [2.45, 2.75) is 75.6 Å². The number of para-hydroxylation sites is 1. The molecule has 10 atom stereocenters. The molecule has 1 aromatic carbocycles. The van der Waals surface area contributed by atoms with Gasteiger partial charge in [-0.2, -0.15) is 0 Å². The number of carbonyl (C=O) groups excluding carboxylic acids is 2. The number of aliphatic hydroxyl groups is 1. The highest BCUT2D eigenvalue weighted by Gasteiger charge is 2.83. The van der Waals surface area contributed by atoms with E-state index in [1.165, 1.54) is 13.8 Å². The van der Waals surface area contributed by atoms with E-state index in [-0.39, 0.29) is 48.0 Å². The maximum atomic E-state index is 12.6. The summed E-state index contributed by atoms with van der Waals surface area (Å²) in [6, 6.07) is 8.04. The van der Waals surface area contributed by atoms with Crippen molar-refractivity contribution in [1.29, 1.82) is 0 Å². The molecule has 5 heterocycles. The van der Waals surface area contributed by atoms with E-state index in [0.29, 0.717) is 6.42 Å². The van der Waals surface area contributed by atoms with E-state index in [4.69, 9.17) is 9.47 Å². The Kier molecular flexibility index (Phi) is 3.79. The topological polar surface area (TPSA) is 79.3 Å². The first-order valence-electron chi connectivity index (χ1n) is 11.4. The molecule has 0 radical (unpaired) electrons. The summed E-state index contributed by atoms with van der Waals surface area (Å²) in [5.41, 5.74) is 0.138. The average Bonchev–Trinajstić information content (AvgIpc) is 3.12. The quantitative estimate of drug-likeness (QED) is 0.741. The lowest BCUT2D eigenvalue weighted by atomic mass is 9.61. The van der Waals surface area contributed by atoms with Gasteiger partial charge >= 0.3 is 11.9 Å². The minimum absolute atomic E-state index is 0.111. The molecular weight excluding hydrogens is 396 g/mol. The van der Waals surface area contributed by atoms with E-state index in [0.717, 1.165) is 24.1 Å². The first kappa shape index (κ1) is 19.6. The zero-order valence-electron chi connectivity index (χ0n) is 18.4. The number of esters is 2. The number of benzene rings is 1. The molecule has 0 aromatic heterocycles. The molecule has 1 aliphatic carbocycles. The number of fused-ring (bicyclic) bond motifs is 2. The molecule has 5 aliphatic heterocycles. The summed E-state index contributed by atoms with van der Waals surface area (Å²) in [7, 11) is 1.94. The summed E-state index contributed by atoms with van der Waals surface area (Å²) in [6.07, 6.45) is 1.63. The molecular formula is C24H30N2O5. The number of nitrogens with zero attached hydrogens (tertiary/aromatic N) is 2. The first-order valence-corrected chi connectivity index (χ1v) is 11.4. The third kappa shape index (κ3) is 1.99. The van der Waals surface area contributed by atoms with E-state index in [9.17, 15) is 14.7 Å². The second-order valence-corrected chi connectivity index (χ2v) is 10.1. The van der Waals surface area contributed by atoms with Crippen molar-refractivity contribution in [3.63, 3.8) is 0 Å². The Bertz CT molecular complexity index is 982. The molecule has 166 valence electrons. The zero-order chi connectivity index (χ0) is 21.9. The molecule has 1 aromatic rings. The van der Waals surface area contributed by atoms with Crippen molar-refractivity contribution in [3.8, 4) is 0 Å². The van der Waals surface area contributed by atoms with Crippen LogP contribution in [0.4, 0.5) is 5.69 Å². The number of ether oxygens (including phenoxy) is 2. The fourth-order valence-corrected chi connectivity index (χ4v) is 8.47. The van der Waals surface area contributed by atoms with Gasteiger partial charge in [-0.15, -0.1) is 0 Å². The summed E-state index contributed by atoms with van der Waals surface area (Å²) in [6.45, 7) is 5.06. The highest BCUT2D eigenvalue weighted by atomic mass is 16.6. The number of anilines is 1. The summed E-state index contributed by atoms with van der Waals surface area (Å²) < 4.78 is 12.0. The highest BCUT2D eigenvalue weighted by molar-refractivity contribution is 5.71. The largest absolute Gasteiger partial charge is 0.461 e. The van der Waals surface area contributed by atoms with Gasteiger partial charge in [0.15, 0.2) is 12.0 Å². The van der Waals surface area contributed by atoms with E-state index < -0.39 is 17.2 Å². The SMILES string of the molecule is CC[C@@H]1[C@H]2C[C@H]3N([C@@H]4CC5(c6ccccc6N(C)[C@@]35O)[C@@H](OC(C)=O)[C@@H]24)[C@H]1OC(C)=O. The lowest BCUT2D eigenvalue weighted by molar-refractivity contribution is -0.257. The van der Waals surface area contributed by atoms with Gasteiger partial charge in [-0.25, -0.2) is 0 Å². The maximum absolute atomic E-state index is 12.6. The lowest BCUT2D eigenvalue weighted by Crippen LogP contribution is -2.78. The smallest absolute Gasteiger partial charge is 0.304 e. The number of hydrogen-bond donors (Lipinski definition) is 1. The number of likely N-dealkylation sites (N-methyl/N-ethyl adjacent to an activating group) is 1. The van der Waals surface area contributed by atoms with E-state index in [1.807, 2.05) is 30.1 Å². The van der Waals surface area contributed by atoms with Crippen LogP contribution in [0, 0.1) is 17.8 Å². The summed E-state index contributed by atoms with van der Waals surface area (Å²) >= 11 is 0. The maximum Gasteiger partial charge on any atom is 0.304 e. The molecule has 1 N–H and O–H groups in total. The van der Waals surface area contributed by atoms with Crippen LogP contribution in [0.15, 0.2) is 24.3 Å². The van der Waals surface area contributed by atoms with Crippen LogP contribution in [-0.2, 0) is 24.5 Å². The van der Waals surface area contributed by atoms with E-state index >= 15 is 0 Å². The summed E-state index contributed by atoms with van der Waals surface area (Å²) in [4.78, 5) is 28.6. The normalized spacial score (nSPS) is 47.8. The van der Waals surface area contributed by atoms with Gasteiger partial charge in [0.05, 0.1) is 11.5 Å². The Hall–Kier alpha value is -2.12. The van der Waals surface area contributed by atoms with Gasteiger partial charge in [0.2, 0.25) is 0 Å². The molecule has 5 bridgehead atoms. The van der Waals surface area contributed by atoms with Crippen LogP contribution in [0.25, 0.3) is 0 Å². The average molecular weight is 427 g/mol. The molecule has 0 amide bonds. The minimum Gasteiger partial charge on any atom is -0.461 e. The first-order chi connectivity index (χ1) is 14.8. The molecule has 7 nitrogen and oxygen atoms in total. The van der Waals surface area contributed by atoms with E-state index in [2.05, 4.69) is 17.9 Å². The van der Waals surface area contributed by atoms with Crippen LogP contribution in [0.2, 0.25) is 0 Å². The van der Waals surface area contributed by atoms with Crippen LogP contribution in [0.1, 0.15) is 45.6 Å². The third-order valence-electron chi connectivity index (χ3n) is 9.18. The highest BCUT2D eigenvalue weighted by Crippen LogP contribution is 2.72. The van der Waals surface area contributed by atoms with Crippen molar-refractivity contribution in [2.24, 2.45) is 17.8 Å². The number of rotatable bonds is 3. The Morgan fingerprint density at radius 3 is 2.58 bits per heavy atom. The molecule has 1 saturated carbocycles. The molecule has 6 aliphatic rings. The second-order valence-electron chi connectivity index (χ2n) is 10.1. The Morgan fingerprint density at radius 2 is 1.90 bits per heavy atom. The molecule has 7 heteroatoms. The standard InChI is InChI=1S/C24H30N2O5/c1-5-14-15-10-19-24(29)23(16-8-6-7-9-17(16)25(24)4)11-18(20(15)21(23)30-12(2)27)26(19)22(14)31-13(3)28/h6-9,14-15,18-22,29H,5,10-11H2,1-4H3/t14-,15-,18-,19-,20+,21+,22+,23?,24-/m1/s1. The van der Waals surface area contributed by atoms with Crippen LogP contribution in [-0.4, -0.2) is 59.1 Å². The number of carbonyl (C=O) groups is 2. The molecule has 5 fully saturated rings. The Labute approximate surface area is 182 Å². The van der Waals surface area contributed by atoms with Gasteiger partial charge in [0.1, 0.15) is 6.10 Å². The monoisotopic (exact) mass is 426 g/mol. The van der Waals surface area contributed by atoms with Crippen molar-refractivity contribution < 1.29 is 24.2 Å². The summed E-state index contributed by atoms with van der Waals surface area (Å²) in [5.74, 6) is -0.0840. The fraction of sp³-hybridized carbons (Fsp3) is 0.667. The van der Waals surface area contributed by atoms with Gasteiger partial charge in [0, 0.05) is 44.5 Å². The second kappa shape index (κ2) is 6.01. The van der Waals surface area contributed by atoms with Gasteiger partial charge in [0.25, 0.3) is 0 Å². The van der Waals surface area contributed by atoms with Crippen molar-refractivity contribution in [1.82, 2.24) is 4.90 Å². The minimum atomic E-state index is -1.24. The fourth-order valence-electron chi connectivity index (χ4n) is 8.47. The van der Waals surface area contributed by atoms with Gasteiger partial charge in [-0.3, -0.25) is 14.5 Å². The van der Waals surface area contributed by atoms with Crippen LogP contribution < -0.4 is 4.90 Å². The molecule has 4 saturated heterocycles. The Balaban J connectivity index is 1.60. The van der Waals surface area contributed by atoms with Crippen molar-refractivity contribution in [3.05, 3.63) is 29.8 Å². The van der Waals surface area contributed by atoms with Gasteiger partial charge < -0.3 is 19.5 Å². The molecule has 7 rings (SSSR count). The predicted octanol–water partition coefficient (Wildman–Crippen LogP) is 2.02. The number of piperidine rings is 4. The van der Waals surface area contributed by atoms with Crippen LogP contribution in [0.5, 0.6) is 0 Å². The van der Waals surface area contributed by atoms with Crippen LogP contribution >= 0.6 is 0 Å². The van der Waals surface area contributed by atoms with Gasteiger partial charge in [-0.1, -0.05) is 25.1 Å². The molecule has 2 unspecified atom stereocenters.